The van der Waals surface area contributed by atoms with Gasteiger partial charge in [-0.25, -0.2) is 0 Å². The van der Waals surface area contributed by atoms with Crippen molar-refractivity contribution in [2.75, 3.05) is 4.90 Å². The van der Waals surface area contributed by atoms with Crippen molar-refractivity contribution in [2.45, 2.75) is 5.41 Å². The van der Waals surface area contributed by atoms with E-state index in [0.29, 0.717) is 0 Å². The van der Waals surface area contributed by atoms with E-state index in [4.69, 9.17) is 0 Å². The van der Waals surface area contributed by atoms with E-state index in [2.05, 4.69) is 278 Å². The second-order valence-electron chi connectivity index (χ2n) is 17.3. The van der Waals surface area contributed by atoms with Gasteiger partial charge in [0, 0.05) is 17.1 Å². The maximum absolute atomic E-state index is 2.45. The molecule has 0 spiro atoms. The zero-order valence-corrected chi connectivity index (χ0v) is 36.4. The average Bonchev–Trinajstić information content (AvgIpc) is 3.70. The molecule has 0 saturated heterocycles. The first-order chi connectivity index (χ1) is 32.7. The first-order valence-electron chi connectivity index (χ1n) is 22.8. The van der Waals surface area contributed by atoms with Crippen molar-refractivity contribution in [1.82, 2.24) is 0 Å². The van der Waals surface area contributed by atoms with E-state index in [1.807, 2.05) is 0 Å². The van der Waals surface area contributed by atoms with Crippen molar-refractivity contribution < 1.29 is 0 Å². The summed E-state index contributed by atoms with van der Waals surface area (Å²) >= 11 is 0. The van der Waals surface area contributed by atoms with Crippen LogP contribution in [-0.4, -0.2) is 0 Å². The van der Waals surface area contributed by atoms with Crippen LogP contribution in [0, 0.1) is 0 Å². The standard InChI is InChI=1S/C65H45N/c1-4-16-46(17-5-1)48-30-32-49(33-31-48)52-20-14-26-59(43-52)66(60-27-15-21-53(44-60)54-35-34-47-18-10-11-19-51(47)42-54)58-39-36-50(37-40-58)55-38-41-62-61-28-12-13-29-63(61)65(64(62)45-55,56-22-6-2-7-23-56)57-24-8-3-9-25-57/h1-45H. The summed E-state index contributed by atoms with van der Waals surface area (Å²) in [5.41, 5.74) is 20.1. The predicted molar refractivity (Wildman–Crippen MR) is 278 cm³/mol. The lowest BCUT2D eigenvalue weighted by molar-refractivity contribution is 0.769. The highest BCUT2D eigenvalue weighted by atomic mass is 15.1. The van der Waals surface area contributed by atoms with Gasteiger partial charge in [0.15, 0.2) is 0 Å². The van der Waals surface area contributed by atoms with E-state index >= 15 is 0 Å². The van der Waals surface area contributed by atoms with Gasteiger partial charge in [-0.15, -0.1) is 0 Å². The third-order valence-corrected chi connectivity index (χ3v) is 13.5. The van der Waals surface area contributed by atoms with Crippen molar-refractivity contribution in [3.05, 3.63) is 295 Å². The topological polar surface area (TPSA) is 3.24 Å². The van der Waals surface area contributed by atoms with Gasteiger partial charge < -0.3 is 4.90 Å². The Morgan fingerprint density at radius 2 is 0.652 bits per heavy atom. The Hall–Kier alpha value is -8.52. The molecule has 0 N–H and O–H groups in total. The van der Waals surface area contributed by atoms with Gasteiger partial charge in [0.05, 0.1) is 5.41 Å². The van der Waals surface area contributed by atoms with Gasteiger partial charge in [0.25, 0.3) is 0 Å². The molecular weight excluding hydrogens is 795 g/mol. The van der Waals surface area contributed by atoms with E-state index in [9.17, 15) is 0 Å². The summed E-state index contributed by atoms with van der Waals surface area (Å²) in [7, 11) is 0. The van der Waals surface area contributed by atoms with Crippen molar-refractivity contribution in [1.29, 1.82) is 0 Å². The molecule has 66 heavy (non-hydrogen) atoms. The van der Waals surface area contributed by atoms with Crippen LogP contribution in [0.25, 0.3) is 66.4 Å². The van der Waals surface area contributed by atoms with Gasteiger partial charge in [-0.05, 0) is 137 Å². The first kappa shape index (κ1) is 39.1. The molecule has 0 heterocycles. The van der Waals surface area contributed by atoms with Crippen LogP contribution in [0.5, 0.6) is 0 Å². The van der Waals surface area contributed by atoms with Crippen molar-refractivity contribution in [3.8, 4) is 55.6 Å². The lowest BCUT2D eigenvalue weighted by Crippen LogP contribution is -2.28. The molecule has 0 radical (unpaired) electrons. The van der Waals surface area contributed by atoms with Crippen molar-refractivity contribution in [3.63, 3.8) is 0 Å². The van der Waals surface area contributed by atoms with Crippen molar-refractivity contribution in [2.24, 2.45) is 0 Å². The third kappa shape index (κ3) is 6.81. The highest BCUT2D eigenvalue weighted by molar-refractivity contribution is 5.91. The highest BCUT2D eigenvalue weighted by Gasteiger charge is 2.46. The maximum atomic E-state index is 2.45. The number of hydrogen-bond donors (Lipinski definition) is 0. The Balaban J connectivity index is 0.964. The highest BCUT2D eigenvalue weighted by Crippen LogP contribution is 2.56. The normalized spacial score (nSPS) is 12.4. The van der Waals surface area contributed by atoms with E-state index in [1.54, 1.807) is 0 Å². The molecule has 0 bridgehead atoms. The number of fused-ring (bicyclic) bond motifs is 4. The minimum atomic E-state index is -0.454. The minimum absolute atomic E-state index is 0.454. The van der Waals surface area contributed by atoms with Crippen LogP contribution >= 0.6 is 0 Å². The molecule has 1 heteroatoms. The SMILES string of the molecule is c1ccc(-c2ccc(-c3cccc(N(c4ccc(-c5ccc6c(c5)C(c5ccccc5)(c5ccccc5)c5ccccc5-6)cc4)c4cccc(-c5ccc6ccccc6c5)c4)c3)cc2)cc1. The number of rotatable bonds is 9. The fourth-order valence-electron chi connectivity index (χ4n) is 10.4. The zero-order chi connectivity index (χ0) is 43.9. The molecule has 1 nitrogen and oxygen atoms in total. The molecule has 11 aromatic rings. The Morgan fingerprint density at radius 3 is 1.30 bits per heavy atom. The molecule has 12 rings (SSSR count). The number of nitrogens with zero attached hydrogens (tertiary/aromatic N) is 1. The summed E-state index contributed by atoms with van der Waals surface area (Å²) < 4.78 is 0. The Labute approximate surface area is 387 Å². The molecule has 0 saturated carbocycles. The largest absolute Gasteiger partial charge is 0.310 e. The fraction of sp³-hybridized carbons (Fsp3) is 0.0154. The molecule has 0 fully saturated rings. The Bertz CT molecular complexity index is 3460. The summed E-state index contributed by atoms with van der Waals surface area (Å²) in [4.78, 5) is 2.39. The van der Waals surface area contributed by atoms with E-state index in [-0.39, 0.29) is 0 Å². The molecule has 0 aromatic heterocycles. The summed E-state index contributed by atoms with van der Waals surface area (Å²) in [6, 6.07) is 100.0. The van der Waals surface area contributed by atoms with E-state index in [1.165, 1.54) is 88.7 Å². The van der Waals surface area contributed by atoms with Crippen molar-refractivity contribution >= 4 is 27.8 Å². The molecule has 0 amide bonds. The lowest BCUT2D eigenvalue weighted by Gasteiger charge is -2.34. The van der Waals surface area contributed by atoms with Gasteiger partial charge in [0.2, 0.25) is 0 Å². The van der Waals surface area contributed by atoms with Crippen LogP contribution in [0.15, 0.2) is 273 Å². The Kier molecular flexibility index (Phi) is 9.81. The van der Waals surface area contributed by atoms with Crippen LogP contribution < -0.4 is 4.90 Å². The molecule has 1 aliphatic carbocycles. The second-order valence-corrected chi connectivity index (χ2v) is 17.3. The molecule has 0 aliphatic heterocycles. The molecule has 1 aliphatic rings. The first-order valence-corrected chi connectivity index (χ1v) is 22.8. The lowest BCUT2D eigenvalue weighted by atomic mass is 9.67. The summed E-state index contributed by atoms with van der Waals surface area (Å²) in [5.74, 6) is 0. The molecule has 0 atom stereocenters. The van der Waals surface area contributed by atoms with Gasteiger partial charge >= 0.3 is 0 Å². The van der Waals surface area contributed by atoms with Gasteiger partial charge in [-0.3, -0.25) is 0 Å². The van der Waals surface area contributed by atoms with Gasteiger partial charge in [0.1, 0.15) is 0 Å². The van der Waals surface area contributed by atoms with E-state index < -0.39 is 5.41 Å². The van der Waals surface area contributed by atoms with Gasteiger partial charge in [-0.1, -0.05) is 224 Å². The molecule has 310 valence electrons. The maximum Gasteiger partial charge on any atom is 0.0713 e. The minimum Gasteiger partial charge on any atom is -0.310 e. The summed E-state index contributed by atoms with van der Waals surface area (Å²) in [6.45, 7) is 0. The Morgan fingerprint density at radius 1 is 0.227 bits per heavy atom. The van der Waals surface area contributed by atoms with Crippen LogP contribution in [0.3, 0.4) is 0 Å². The molecule has 11 aromatic carbocycles. The van der Waals surface area contributed by atoms with Gasteiger partial charge in [-0.2, -0.15) is 0 Å². The molecular formula is C65H45N. The third-order valence-electron chi connectivity index (χ3n) is 13.5. The average molecular weight is 840 g/mol. The summed E-state index contributed by atoms with van der Waals surface area (Å²) in [5, 5.41) is 2.48. The van der Waals surface area contributed by atoms with Crippen LogP contribution in [0.1, 0.15) is 22.3 Å². The second kappa shape index (κ2) is 16.6. The monoisotopic (exact) mass is 839 g/mol. The smallest absolute Gasteiger partial charge is 0.0713 e. The quantitative estimate of drug-likeness (QED) is 0.140. The number of anilines is 3. The van der Waals surface area contributed by atoms with Crippen LogP contribution in [0.4, 0.5) is 17.1 Å². The summed E-state index contributed by atoms with van der Waals surface area (Å²) in [6.07, 6.45) is 0. The predicted octanol–water partition coefficient (Wildman–Crippen LogP) is 17.3. The van der Waals surface area contributed by atoms with E-state index in [0.717, 1.165) is 17.1 Å². The van der Waals surface area contributed by atoms with Crippen LogP contribution in [0.2, 0.25) is 0 Å². The molecule has 0 unspecified atom stereocenters. The zero-order valence-electron chi connectivity index (χ0n) is 36.4. The fourth-order valence-corrected chi connectivity index (χ4v) is 10.4. The number of hydrogen-bond acceptors (Lipinski definition) is 1. The van der Waals surface area contributed by atoms with Crippen LogP contribution in [-0.2, 0) is 5.41 Å². The number of benzene rings is 11.